The highest BCUT2D eigenvalue weighted by molar-refractivity contribution is 9.10. The molecule has 1 aromatic carbocycles. The van der Waals surface area contributed by atoms with Gasteiger partial charge in [0, 0.05) is 17.1 Å². The molecular formula is C15H24BrNO2. The van der Waals surface area contributed by atoms with Crippen molar-refractivity contribution in [2.24, 2.45) is 5.73 Å². The molecule has 108 valence electrons. The zero-order valence-electron chi connectivity index (χ0n) is 11.8. The molecule has 0 aromatic heterocycles. The van der Waals surface area contributed by atoms with E-state index in [1.165, 1.54) is 5.56 Å². The van der Waals surface area contributed by atoms with Gasteiger partial charge in [-0.05, 0) is 43.5 Å². The van der Waals surface area contributed by atoms with E-state index < -0.39 is 0 Å². The summed E-state index contributed by atoms with van der Waals surface area (Å²) in [6, 6.07) is 6.15. The SMILES string of the molecule is CCCCOCCOc1ccc(Br)c(CC(C)N)c1. The van der Waals surface area contributed by atoms with Crippen molar-refractivity contribution >= 4 is 15.9 Å². The topological polar surface area (TPSA) is 44.5 Å². The second-order valence-corrected chi connectivity index (χ2v) is 5.60. The van der Waals surface area contributed by atoms with Gasteiger partial charge >= 0.3 is 0 Å². The van der Waals surface area contributed by atoms with Crippen LogP contribution in [0.4, 0.5) is 0 Å². The molecule has 1 rings (SSSR count). The van der Waals surface area contributed by atoms with Crippen LogP contribution in [0.5, 0.6) is 5.75 Å². The summed E-state index contributed by atoms with van der Waals surface area (Å²) in [7, 11) is 0. The van der Waals surface area contributed by atoms with Crippen molar-refractivity contribution in [1.82, 2.24) is 0 Å². The van der Waals surface area contributed by atoms with Crippen LogP contribution in [0.25, 0.3) is 0 Å². The minimum absolute atomic E-state index is 0.143. The molecule has 1 unspecified atom stereocenters. The zero-order chi connectivity index (χ0) is 14.1. The number of ether oxygens (including phenoxy) is 2. The molecule has 0 radical (unpaired) electrons. The minimum Gasteiger partial charge on any atom is -0.491 e. The third-order valence-corrected chi connectivity index (χ3v) is 3.47. The lowest BCUT2D eigenvalue weighted by Crippen LogP contribution is -2.18. The molecule has 4 heteroatoms. The van der Waals surface area contributed by atoms with E-state index in [2.05, 4.69) is 22.9 Å². The molecule has 0 fully saturated rings. The smallest absolute Gasteiger partial charge is 0.119 e. The first-order valence-corrected chi connectivity index (χ1v) is 7.67. The Morgan fingerprint density at radius 1 is 1.26 bits per heavy atom. The molecular weight excluding hydrogens is 306 g/mol. The van der Waals surface area contributed by atoms with E-state index in [4.69, 9.17) is 15.2 Å². The molecule has 1 atom stereocenters. The Kier molecular flexibility index (Phi) is 8.10. The van der Waals surface area contributed by atoms with Gasteiger partial charge in [0.1, 0.15) is 12.4 Å². The minimum atomic E-state index is 0.143. The van der Waals surface area contributed by atoms with Gasteiger partial charge in [-0.25, -0.2) is 0 Å². The van der Waals surface area contributed by atoms with Crippen molar-refractivity contribution in [2.75, 3.05) is 19.8 Å². The second kappa shape index (κ2) is 9.34. The molecule has 0 spiro atoms. The van der Waals surface area contributed by atoms with Crippen LogP contribution in [0, 0.1) is 0 Å². The predicted octanol–water partition coefficient (Wildman–Crippen LogP) is 3.53. The van der Waals surface area contributed by atoms with E-state index in [9.17, 15) is 0 Å². The van der Waals surface area contributed by atoms with Crippen LogP contribution in [0.15, 0.2) is 22.7 Å². The Labute approximate surface area is 124 Å². The first kappa shape index (κ1) is 16.5. The first-order chi connectivity index (χ1) is 9.13. The summed E-state index contributed by atoms with van der Waals surface area (Å²) in [5.74, 6) is 0.873. The Morgan fingerprint density at radius 3 is 2.74 bits per heavy atom. The van der Waals surface area contributed by atoms with Crippen molar-refractivity contribution in [3.63, 3.8) is 0 Å². The maximum atomic E-state index is 5.83. The lowest BCUT2D eigenvalue weighted by Gasteiger charge is -2.11. The molecule has 3 nitrogen and oxygen atoms in total. The van der Waals surface area contributed by atoms with E-state index >= 15 is 0 Å². The quantitative estimate of drug-likeness (QED) is 0.705. The van der Waals surface area contributed by atoms with Crippen molar-refractivity contribution in [3.8, 4) is 5.75 Å². The summed E-state index contributed by atoms with van der Waals surface area (Å²) in [4.78, 5) is 0. The number of rotatable bonds is 9. The fraction of sp³-hybridized carbons (Fsp3) is 0.600. The van der Waals surface area contributed by atoms with Gasteiger partial charge in [-0.2, -0.15) is 0 Å². The van der Waals surface area contributed by atoms with E-state index in [0.29, 0.717) is 13.2 Å². The fourth-order valence-electron chi connectivity index (χ4n) is 1.71. The van der Waals surface area contributed by atoms with E-state index in [0.717, 1.165) is 36.1 Å². The molecule has 2 N–H and O–H groups in total. The van der Waals surface area contributed by atoms with E-state index in [-0.39, 0.29) is 6.04 Å². The van der Waals surface area contributed by atoms with Crippen molar-refractivity contribution in [2.45, 2.75) is 39.2 Å². The van der Waals surface area contributed by atoms with Gasteiger partial charge in [0.25, 0.3) is 0 Å². The molecule has 0 aliphatic carbocycles. The maximum absolute atomic E-state index is 5.83. The molecule has 0 heterocycles. The van der Waals surface area contributed by atoms with Gasteiger partial charge in [0.05, 0.1) is 6.61 Å². The maximum Gasteiger partial charge on any atom is 0.119 e. The van der Waals surface area contributed by atoms with Crippen LogP contribution in [0.2, 0.25) is 0 Å². The molecule has 0 amide bonds. The second-order valence-electron chi connectivity index (χ2n) is 4.75. The van der Waals surface area contributed by atoms with E-state index in [1.807, 2.05) is 25.1 Å². The fourth-order valence-corrected chi connectivity index (χ4v) is 2.12. The molecule has 1 aromatic rings. The molecule has 0 saturated heterocycles. The first-order valence-electron chi connectivity index (χ1n) is 6.88. The van der Waals surface area contributed by atoms with Crippen LogP contribution < -0.4 is 10.5 Å². The van der Waals surface area contributed by atoms with Crippen LogP contribution in [-0.2, 0) is 11.2 Å². The van der Waals surface area contributed by atoms with Gasteiger partial charge in [0.15, 0.2) is 0 Å². The Balaban J connectivity index is 2.37. The van der Waals surface area contributed by atoms with Crippen molar-refractivity contribution in [1.29, 1.82) is 0 Å². The van der Waals surface area contributed by atoms with Crippen LogP contribution in [0.1, 0.15) is 32.3 Å². The summed E-state index contributed by atoms with van der Waals surface area (Å²) >= 11 is 3.53. The molecule has 19 heavy (non-hydrogen) atoms. The summed E-state index contributed by atoms with van der Waals surface area (Å²) in [6.45, 7) is 6.20. The number of unbranched alkanes of at least 4 members (excludes halogenated alkanes) is 1. The summed E-state index contributed by atoms with van der Waals surface area (Å²) < 4.78 is 12.2. The lowest BCUT2D eigenvalue weighted by atomic mass is 10.1. The largest absolute Gasteiger partial charge is 0.491 e. The molecule has 0 bridgehead atoms. The van der Waals surface area contributed by atoms with Gasteiger partial charge in [-0.15, -0.1) is 0 Å². The Hall–Kier alpha value is -0.580. The van der Waals surface area contributed by atoms with Gasteiger partial charge in [0.2, 0.25) is 0 Å². The summed E-state index contributed by atoms with van der Waals surface area (Å²) in [5, 5.41) is 0. The third-order valence-electron chi connectivity index (χ3n) is 2.70. The monoisotopic (exact) mass is 329 g/mol. The third kappa shape index (κ3) is 6.95. The molecule has 0 aliphatic heterocycles. The summed E-state index contributed by atoms with van der Waals surface area (Å²) in [5.41, 5.74) is 7.01. The van der Waals surface area contributed by atoms with Gasteiger partial charge in [-0.1, -0.05) is 29.3 Å². The van der Waals surface area contributed by atoms with Crippen molar-refractivity contribution in [3.05, 3.63) is 28.2 Å². The standard InChI is InChI=1S/C15H24BrNO2/c1-3-4-7-18-8-9-19-14-5-6-15(16)13(11-14)10-12(2)17/h5-6,11-12H,3-4,7-10,17H2,1-2H3. The Morgan fingerprint density at radius 2 is 2.05 bits per heavy atom. The number of benzene rings is 1. The van der Waals surface area contributed by atoms with E-state index in [1.54, 1.807) is 0 Å². The highest BCUT2D eigenvalue weighted by Crippen LogP contribution is 2.23. The number of hydrogen-bond donors (Lipinski definition) is 1. The van der Waals surface area contributed by atoms with Crippen molar-refractivity contribution < 1.29 is 9.47 Å². The van der Waals surface area contributed by atoms with Gasteiger partial charge in [-0.3, -0.25) is 0 Å². The normalized spacial score (nSPS) is 12.4. The van der Waals surface area contributed by atoms with Gasteiger partial charge < -0.3 is 15.2 Å². The highest BCUT2D eigenvalue weighted by Gasteiger charge is 2.05. The number of halogens is 1. The lowest BCUT2D eigenvalue weighted by molar-refractivity contribution is 0.0980. The van der Waals surface area contributed by atoms with Crippen LogP contribution >= 0.6 is 15.9 Å². The highest BCUT2D eigenvalue weighted by atomic mass is 79.9. The summed E-state index contributed by atoms with van der Waals surface area (Å²) in [6.07, 6.45) is 3.11. The number of hydrogen-bond acceptors (Lipinski definition) is 3. The zero-order valence-corrected chi connectivity index (χ0v) is 13.4. The predicted molar refractivity (Wildman–Crippen MR) is 82.7 cm³/mol. The molecule has 0 aliphatic rings. The number of nitrogens with two attached hydrogens (primary N) is 1. The molecule has 0 saturated carbocycles. The van der Waals surface area contributed by atoms with Crippen LogP contribution in [0.3, 0.4) is 0 Å². The van der Waals surface area contributed by atoms with Crippen LogP contribution in [-0.4, -0.2) is 25.9 Å². The average molecular weight is 330 g/mol. The Bertz CT molecular complexity index is 369. The average Bonchev–Trinajstić information content (AvgIpc) is 2.37.